The normalized spacial score (nSPS) is 9.20. The summed E-state index contributed by atoms with van der Waals surface area (Å²) in [6.45, 7) is 7.75. The van der Waals surface area contributed by atoms with Gasteiger partial charge in [0.25, 0.3) is 0 Å². The van der Waals surface area contributed by atoms with E-state index in [0.29, 0.717) is 5.56 Å². The summed E-state index contributed by atoms with van der Waals surface area (Å²) < 4.78 is 13.4. The molecule has 1 nitrogen and oxygen atoms in total. The van der Waals surface area contributed by atoms with Gasteiger partial charge >= 0.3 is 0 Å². The second kappa shape index (κ2) is 6.42. The molecular weight excluding hydrogens is 213 g/mol. The zero-order valence-corrected chi connectivity index (χ0v) is 10.2. The average Bonchev–Trinajstić information content (AvgIpc) is 2.24. The van der Waals surface area contributed by atoms with Crippen LogP contribution in [-0.4, -0.2) is 0 Å². The Morgan fingerprint density at radius 1 is 1.33 bits per heavy atom. The van der Waals surface area contributed by atoms with E-state index in [9.17, 15) is 4.39 Å². The van der Waals surface area contributed by atoms with Crippen molar-refractivity contribution in [2.45, 2.75) is 33.6 Å². The van der Waals surface area contributed by atoms with Crippen LogP contribution in [0.15, 0.2) is 12.1 Å². The van der Waals surface area contributed by atoms with Crippen molar-refractivity contribution in [3.63, 3.8) is 0 Å². The molecule has 0 aliphatic carbocycles. The van der Waals surface area contributed by atoms with Gasteiger partial charge in [-0.1, -0.05) is 45.4 Å². The van der Waals surface area contributed by atoms with Crippen LogP contribution in [0.4, 0.5) is 4.39 Å². The number of hydrogen-bond donors (Lipinski definition) is 0. The third kappa shape index (κ3) is 3.21. The Balaban J connectivity index is 0.000000921. The van der Waals surface area contributed by atoms with Gasteiger partial charge in [0, 0.05) is 0 Å². The number of halogens is 2. The smallest absolute Gasteiger partial charge is 0.146 e. The van der Waals surface area contributed by atoms with Crippen LogP contribution < -0.4 is 0 Å². The minimum absolute atomic E-state index is 0.0743. The summed E-state index contributed by atoms with van der Waals surface area (Å²) in [5, 5.41) is 8.50. The molecule has 82 valence electrons. The quantitative estimate of drug-likeness (QED) is 0.693. The number of rotatable bonds is 1. The second-order valence-corrected chi connectivity index (χ2v) is 3.47. The Hall–Kier alpha value is -1.07. The van der Waals surface area contributed by atoms with Crippen molar-refractivity contribution in [3.8, 4) is 6.07 Å². The Labute approximate surface area is 95.5 Å². The molecule has 0 spiro atoms. The third-order valence-corrected chi connectivity index (χ3v) is 2.22. The molecule has 0 atom stereocenters. The van der Waals surface area contributed by atoms with Crippen LogP contribution >= 0.6 is 11.6 Å². The molecule has 15 heavy (non-hydrogen) atoms. The van der Waals surface area contributed by atoms with E-state index in [1.54, 1.807) is 12.1 Å². The van der Waals surface area contributed by atoms with Gasteiger partial charge < -0.3 is 0 Å². The first-order valence-electron chi connectivity index (χ1n) is 4.96. The van der Waals surface area contributed by atoms with Crippen LogP contribution in [0.2, 0.25) is 5.02 Å². The van der Waals surface area contributed by atoms with Crippen molar-refractivity contribution < 1.29 is 4.39 Å². The lowest BCUT2D eigenvalue weighted by molar-refractivity contribution is 0.598. The van der Waals surface area contributed by atoms with Gasteiger partial charge in [-0.2, -0.15) is 5.26 Å². The largest absolute Gasteiger partial charge is 0.205 e. The summed E-state index contributed by atoms with van der Waals surface area (Å²) in [5.41, 5.74) is 0.729. The molecule has 0 saturated heterocycles. The maximum atomic E-state index is 13.4. The highest BCUT2D eigenvalue weighted by Gasteiger charge is 2.13. The summed E-state index contributed by atoms with van der Waals surface area (Å²) in [4.78, 5) is 0. The summed E-state index contributed by atoms with van der Waals surface area (Å²) in [7, 11) is 0. The average molecular weight is 228 g/mol. The van der Waals surface area contributed by atoms with Crippen molar-refractivity contribution in [2.75, 3.05) is 0 Å². The fourth-order valence-electron chi connectivity index (χ4n) is 1.10. The van der Waals surface area contributed by atoms with Crippen LogP contribution in [0.5, 0.6) is 0 Å². The van der Waals surface area contributed by atoms with E-state index in [2.05, 4.69) is 0 Å². The van der Waals surface area contributed by atoms with Gasteiger partial charge in [0.05, 0.1) is 10.6 Å². The molecule has 1 aromatic carbocycles. The predicted octanol–water partition coefficient (Wildman–Crippen LogP) is 4.50. The maximum absolute atomic E-state index is 13.4. The van der Waals surface area contributed by atoms with Gasteiger partial charge in [0.15, 0.2) is 0 Å². The van der Waals surface area contributed by atoms with Gasteiger partial charge in [0.1, 0.15) is 11.9 Å². The number of nitrogens with zero attached hydrogens (tertiary/aromatic N) is 1. The lowest BCUT2D eigenvalue weighted by Gasteiger charge is -2.08. The first-order valence-corrected chi connectivity index (χ1v) is 5.33. The second-order valence-electron chi connectivity index (χ2n) is 3.10. The molecule has 1 rings (SSSR count). The Kier molecular flexibility index (Phi) is 5.96. The van der Waals surface area contributed by atoms with Gasteiger partial charge in [-0.05, 0) is 17.5 Å². The van der Waals surface area contributed by atoms with Crippen LogP contribution in [0.25, 0.3) is 0 Å². The lowest BCUT2D eigenvalue weighted by atomic mass is 10.0. The number of benzene rings is 1. The molecular formula is C12H15ClFN. The molecule has 0 N–H and O–H groups in total. The molecule has 0 heterocycles. The summed E-state index contributed by atoms with van der Waals surface area (Å²) in [6.07, 6.45) is 0. The van der Waals surface area contributed by atoms with E-state index in [0.717, 1.165) is 0 Å². The van der Waals surface area contributed by atoms with Crippen LogP contribution in [0, 0.1) is 17.1 Å². The first kappa shape index (κ1) is 13.9. The summed E-state index contributed by atoms with van der Waals surface area (Å²) in [5.74, 6) is -0.402. The lowest BCUT2D eigenvalue weighted by Crippen LogP contribution is -1.95. The van der Waals surface area contributed by atoms with Crippen molar-refractivity contribution in [1.82, 2.24) is 0 Å². The highest BCUT2D eigenvalue weighted by Crippen LogP contribution is 2.27. The molecule has 0 saturated carbocycles. The number of hydrogen-bond acceptors (Lipinski definition) is 1. The summed E-state index contributed by atoms with van der Waals surface area (Å²) in [6, 6.07) is 4.97. The van der Waals surface area contributed by atoms with Crippen molar-refractivity contribution >= 4 is 11.6 Å². The van der Waals surface area contributed by atoms with Crippen molar-refractivity contribution in [1.29, 1.82) is 5.26 Å². The molecule has 0 amide bonds. The Morgan fingerprint density at radius 3 is 2.27 bits per heavy atom. The Morgan fingerprint density at radius 2 is 1.87 bits per heavy atom. The topological polar surface area (TPSA) is 23.8 Å². The third-order valence-electron chi connectivity index (χ3n) is 1.85. The van der Waals surface area contributed by atoms with E-state index in [-0.39, 0.29) is 16.5 Å². The van der Waals surface area contributed by atoms with E-state index < -0.39 is 5.82 Å². The predicted molar refractivity (Wildman–Crippen MR) is 61.6 cm³/mol. The zero-order chi connectivity index (χ0) is 12.0. The zero-order valence-electron chi connectivity index (χ0n) is 9.44. The monoisotopic (exact) mass is 227 g/mol. The van der Waals surface area contributed by atoms with Gasteiger partial charge in [0.2, 0.25) is 0 Å². The molecule has 0 radical (unpaired) electrons. The fourth-order valence-corrected chi connectivity index (χ4v) is 1.31. The van der Waals surface area contributed by atoms with Gasteiger partial charge in [-0.25, -0.2) is 4.39 Å². The van der Waals surface area contributed by atoms with Gasteiger partial charge in [-0.15, -0.1) is 0 Å². The SMILES string of the molecule is CC.CC(C)c1ccc(C#N)c(Cl)c1F. The van der Waals surface area contributed by atoms with E-state index in [1.807, 2.05) is 33.8 Å². The number of nitriles is 1. The highest BCUT2D eigenvalue weighted by atomic mass is 35.5. The van der Waals surface area contributed by atoms with E-state index >= 15 is 0 Å². The summed E-state index contributed by atoms with van der Waals surface area (Å²) >= 11 is 5.65. The molecule has 0 aliphatic rings. The van der Waals surface area contributed by atoms with Crippen LogP contribution in [-0.2, 0) is 0 Å². The highest BCUT2D eigenvalue weighted by molar-refractivity contribution is 6.31. The van der Waals surface area contributed by atoms with E-state index in [4.69, 9.17) is 16.9 Å². The molecule has 3 heteroatoms. The molecule has 1 aromatic rings. The minimum Gasteiger partial charge on any atom is -0.205 e. The van der Waals surface area contributed by atoms with Gasteiger partial charge in [-0.3, -0.25) is 0 Å². The molecule has 0 unspecified atom stereocenters. The Bertz CT molecular complexity index is 367. The molecule has 0 aromatic heterocycles. The van der Waals surface area contributed by atoms with E-state index in [1.165, 1.54) is 0 Å². The standard InChI is InChI=1S/C10H9ClFN.C2H6/c1-6(2)8-4-3-7(5-13)9(11)10(8)12;1-2/h3-4,6H,1-2H3;1-2H3. The molecule has 0 fully saturated rings. The van der Waals surface area contributed by atoms with Crippen molar-refractivity contribution in [3.05, 3.63) is 34.1 Å². The fraction of sp³-hybridized carbons (Fsp3) is 0.417. The minimum atomic E-state index is -0.476. The first-order chi connectivity index (χ1) is 7.07. The van der Waals surface area contributed by atoms with Crippen LogP contribution in [0.1, 0.15) is 44.7 Å². The van der Waals surface area contributed by atoms with Crippen LogP contribution in [0.3, 0.4) is 0 Å². The molecule has 0 aliphatic heterocycles. The molecule has 0 bridgehead atoms. The maximum Gasteiger partial charge on any atom is 0.146 e. The van der Waals surface area contributed by atoms with Crippen molar-refractivity contribution in [2.24, 2.45) is 0 Å².